The highest BCUT2D eigenvalue weighted by Gasteiger charge is 2.23. The predicted octanol–water partition coefficient (Wildman–Crippen LogP) is 2.39. The Morgan fingerprint density at radius 2 is 1.73 bits per heavy atom. The SMILES string of the molecule is CCCCCCOC(N)(CCC)CCN. The van der Waals surface area contributed by atoms with E-state index in [1.54, 1.807) is 0 Å². The van der Waals surface area contributed by atoms with Gasteiger partial charge in [0.05, 0.1) is 0 Å². The summed E-state index contributed by atoms with van der Waals surface area (Å²) in [5.41, 5.74) is 11.2. The van der Waals surface area contributed by atoms with Crippen molar-refractivity contribution in [2.75, 3.05) is 13.2 Å². The van der Waals surface area contributed by atoms with Crippen LogP contribution in [0.4, 0.5) is 0 Å². The van der Waals surface area contributed by atoms with Crippen LogP contribution < -0.4 is 11.5 Å². The van der Waals surface area contributed by atoms with Crippen molar-refractivity contribution in [1.29, 1.82) is 0 Å². The minimum Gasteiger partial charge on any atom is -0.361 e. The van der Waals surface area contributed by atoms with Crippen LogP contribution in [0.5, 0.6) is 0 Å². The van der Waals surface area contributed by atoms with E-state index in [0.717, 1.165) is 32.3 Å². The van der Waals surface area contributed by atoms with Crippen molar-refractivity contribution in [3.8, 4) is 0 Å². The van der Waals surface area contributed by atoms with Gasteiger partial charge >= 0.3 is 0 Å². The molecule has 0 fully saturated rings. The zero-order chi connectivity index (χ0) is 11.6. The molecule has 4 N–H and O–H groups in total. The molecule has 0 aliphatic heterocycles. The van der Waals surface area contributed by atoms with Crippen LogP contribution in [0, 0.1) is 0 Å². The first-order chi connectivity index (χ1) is 7.18. The Hall–Kier alpha value is -0.120. The highest BCUT2D eigenvalue weighted by atomic mass is 16.5. The standard InChI is InChI=1S/C12H28N2O/c1-3-5-6-7-11-15-12(14,8-4-2)9-10-13/h3-11,13-14H2,1-2H3. The number of hydrogen-bond acceptors (Lipinski definition) is 3. The zero-order valence-corrected chi connectivity index (χ0v) is 10.4. The van der Waals surface area contributed by atoms with Crippen LogP contribution >= 0.6 is 0 Å². The molecule has 3 heteroatoms. The molecule has 0 aliphatic carbocycles. The molecule has 0 aromatic rings. The molecule has 0 saturated carbocycles. The van der Waals surface area contributed by atoms with Gasteiger partial charge in [0.2, 0.25) is 0 Å². The zero-order valence-electron chi connectivity index (χ0n) is 10.4. The maximum atomic E-state index is 6.13. The first-order valence-electron chi connectivity index (χ1n) is 6.31. The molecule has 0 heterocycles. The van der Waals surface area contributed by atoms with Crippen LogP contribution in [-0.4, -0.2) is 18.9 Å². The molecule has 0 amide bonds. The molecule has 0 spiro atoms. The summed E-state index contributed by atoms with van der Waals surface area (Å²) in [5, 5.41) is 0. The topological polar surface area (TPSA) is 61.3 Å². The molecule has 1 atom stereocenters. The number of nitrogens with two attached hydrogens (primary N) is 2. The lowest BCUT2D eigenvalue weighted by molar-refractivity contribution is -0.0534. The van der Waals surface area contributed by atoms with Crippen molar-refractivity contribution in [3.63, 3.8) is 0 Å². The van der Waals surface area contributed by atoms with Crippen molar-refractivity contribution in [2.24, 2.45) is 11.5 Å². The predicted molar refractivity (Wildman–Crippen MR) is 65.6 cm³/mol. The number of rotatable bonds is 10. The van der Waals surface area contributed by atoms with E-state index in [9.17, 15) is 0 Å². The molecular formula is C12H28N2O. The van der Waals surface area contributed by atoms with E-state index in [4.69, 9.17) is 16.2 Å². The quantitative estimate of drug-likeness (QED) is 0.435. The Morgan fingerprint density at radius 3 is 2.27 bits per heavy atom. The fraction of sp³-hybridized carbons (Fsp3) is 1.00. The minimum absolute atomic E-state index is 0.476. The lowest BCUT2D eigenvalue weighted by atomic mass is 10.0. The maximum Gasteiger partial charge on any atom is 0.117 e. The van der Waals surface area contributed by atoms with Crippen LogP contribution in [0.15, 0.2) is 0 Å². The third kappa shape index (κ3) is 7.77. The van der Waals surface area contributed by atoms with Gasteiger partial charge in [0.1, 0.15) is 5.72 Å². The van der Waals surface area contributed by atoms with E-state index >= 15 is 0 Å². The Labute approximate surface area is 94.5 Å². The van der Waals surface area contributed by atoms with E-state index in [2.05, 4.69) is 13.8 Å². The molecular weight excluding hydrogens is 188 g/mol. The first kappa shape index (κ1) is 14.9. The van der Waals surface area contributed by atoms with E-state index in [-0.39, 0.29) is 0 Å². The normalized spacial score (nSPS) is 15.2. The highest BCUT2D eigenvalue weighted by Crippen LogP contribution is 2.16. The molecule has 0 rings (SSSR count). The summed E-state index contributed by atoms with van der Waals surface area (Å²) in [6, 6.07) is 0. The summed E-state index contributed by atoms with van der Waals surface area (Å²) in [6.45, 7) is 5.71. The van der Waals surface area contributed by atoms with Gasteiger partial charge in [0, 0.05) is 13.0 Å². The van der Waals surface area contributed by atoms with Crippen LogP contribution in [0.2, 0.25) is 0 Å². The number of hydrogen-bond donors (Lipinski definition) is 2. The summed E-state index contributed by atoms with van der Waals surface area (Å²) >= 11 is 0. The van der Waals surface area contributed by atoms with E-state index in [1.165, 1.54) is 19.3 Å². The second-order valence-electron chi connectivity index (χ2n) is 4.26. The van der Waals surface area contributed by atoms with Gasteiger partial charge in [-0.25, -0.2) is 0 Å². The molecule has 0 radical (unpaired) electrons. The fourth-order valence-corrected chi connectivity index (χ4v) is 1.74. The average molecular weight is 216 g/mol. The van der Waals surface area contributed by atoms with Crippen molar-refractivity contribution in [1.82, 2.24) is 0 Å². The molecule has 0 aromatic heterocycles. The lowest BCUT2D eigenvalue weighted by Gasteiger charge is -2.29. The minimum atomic E-state index is -0.476. The summed E-state index contributed by atoms with van der Waals surface area (Å²) in [4.78, 5) is 0. The average Bonchev–Trinajstić information content (AvgIpc) is 2.18. The second kappa shape index (κ2) is 9.13. The van der Waals surface area contributed by atoms with Crippen molar-refractivity contribution < 1.29 is 4.74 Å². The summed E-state index contributed by atoms with van der Waals surface area (Å²) < 4.78 is 5.75. The van der Waals surface area contributed by atoms with Gasteiger partial charge in [-0.05, 0) is 19.4 Å². The molecule has 0 aliphatic rings. The first-order valence-corrected chi connectivity index (χ1v) is 6.31. The van der Waals surface area contributed by atoms with Gasteiger partial charge in [-0.2, -0.15) is 0 Å². The van der Waals surface area contributed by atoms with Crippen molar-refractivity contribution in [2.45, 2.75) is 64.5 Å². The number of ether oxygens (including phenoxy) is 1. The Balaban J connectivity index is 3.65. The van der Waals surface area contributed by atoms with E-state index < -0.39 is 5.72 Å². The third-order valence-corrected chi connectivity index (χ3v) is 2.63. The monoisotopic (exact) mass is 216 g/mol. The van der Waals surface area contributed by atoms with Gasteiger partial charge in [-0.3, -0.25) is 0 Å². The highest BCUT2D eigenvalue weighted by molar-refractivity contribution is 4.73. The Bertz CT molecular complexity index is 134. The van der Waals surface area contributed by atoms with Crippen LogP contribution in [0.25, 0.3) is 0 Å². The molecule has 15 heavy (non-hydrogen) atoms. The van der Waals surface area contributed by atoms with Crippen molar-refractivity contribution >= 4 is 0 Å². The molecule has 1 unspecified atom stereocenters. The molecule has 0 bridgehead atoms. The van der Waals surface area contributed by atoms with E-state index in [0.29, 0.717) is 6.54 Å². The largest absolute Gasteiger partial charge is 0.361 e. The van der Waals surface area contributed by atoms with Crippen LogP contribution in [-0.2, 0) is 4.74 Å². The van der Waals surface area contributed by atoms with Crippen LogP contribution in [0.3, 0.4) is 0 Å². The van der Waals surface area contributed by atoms with Gasteiger partial charge in [0.25, 0.3) is 0 Å². The van der Waals surface area contributed by atoms with E-state index in [1.807, 2.05) is 0 Å². The molecule has 0 aromatic carbocycles. The molecule has 92 valence electrons. The van der Waals surface area contributed by atoms with Gasteiger partial charge < -0.3 is 16.2 Å². The van der Waals surface area contributed by atoms with Gasteiger partial charge in [0.15, 0.2) is 0 Å². The molecule has 3 nitrogen and oxygen atoms in total. The van der Waals surface area contributed by atoms with Crippen LogP contribution in [0.1, 0.15) is 58.8 Å². The van der Waals surface area contributed by atoms with Crippen molar-refractivity contribution in [3.05, 3.63) is 0 Å². The Kier molecular flexibility index (Phi) is 9.06. The Morgan fingerprint density at radius 1 is 1.00 bits per heavy atom. The van der Waals surface area contributed by atoms with Gasteiger partial charge in [-0.1, -0.05) is 39.5 Å². The van der Waals surface area contributed by atoms with Gasteiger partial charge in [-0.15, -0.1) is 0 Å². The molecule has 0 saturated heterocycles. The lowest BCUT2D eigenvalue weighted by Crippen LogP contribution is -2.44. The third-order valence-electron chi connectivity index (χ3n) is 2.63. The maximum absolute atomic E-state index is 6.13. The summed E-state index contributed by atoms with van der Waals surface area (Å²) in [6.07, 6.45) is 7.59. The second-order valence-corrected chi connectivity index (χ2v) is 4.26. The fourth-order valence-electron chi connectivity index (χ4n) is 1.74. The smallest absolute Gasteiger partial charge is 0.117 e. The number of unbranched alkanes of at least 4 members (excludes halogenated alkanes) is 3. The summed E-state index contributed by atoms with van der Waals surface area (Å²) in [5.74, 6) is 0. The summed E-state index contributed by atoms with van der Waals surface area (Å²) in [7, 11) is 0.